The van der Waals surface area contributed by atoms with Gasteiger partial charge >= 0.3 is 15.5 Å². The molecule has 0 bridgehead atoms. The molecule has 1 fully saturated rings. The Hall–Kier alpha value is -0.380. The second-order valence-electron chi connectivity index (χ2n) is 2.78. The van der Waals surface area contributed by atoms with Crippen LogP contribution in [0.15, 0.2) is 0 Å². The van der Waals surface area contributed by atoms with Crippen LogP contribution in [0.4, 0.5) is 13.2 Å². The molecule has 0 atom stereocenters. The Kier molecular flexibility index (Phi) is 3.35. The van der Waals surface area contributed by atoms with Gasteiger partial charge in [-0.1, -0.05) is 0 Å². The number of sulfonamides is 1. The number of halogens is 3. The zero-order valence-electron chi connectivity index (χ0n) is 7.13. The minimum absolute atomic E-state index is 0.218. The van der Waals surface area contributed by atoms with Crippen molar-refractivity contribution < 1.29 is 21.6 Å². The predicted octanol–water partition coefficient (Wildman–Crippen LogP) is -0.754. The maximum Gasteiger partial charge on any atom is 0.512 e. The molecule has 5 nitrogen and oxygen atoms in total. The van der Waals surface area contributed by atoms with Crippen LogP contribution in [-0.4, -0.2) is 45.1 Å². The molecule has 0 aromatic carbocycles. The lowest BCUT2D eigenvalue weighted by atomic mass is 10.4. The van der Waals surface area contributed by atoms with Crippen LogP contribution in [0.25, 0.3) is 0 Å². The van der Waals surface area contributed by atoms with Gasteiger partial charge in [-0.3, -0.25) is 0 Å². The number of nitrogens with one attached hydrogen (secondary N) is 2. The van der Waals surface area contributed by atoms with E-state index in [1.807, 2.05) is 0 Å². The Morgan fingerprint density at radius 2 is 1.71 bits per heavy atom. The SMILES string of the molecule is O=S(=O)(NN1CCNCC1)C(F)(F)F. The molecular formula is C5H10F3N3O2S. The first-order valence-electron chi connectivity index (χ1n) is 3.87. The fourth-order valence-electron chi connectivity index (χ4n) is 0.978. The van der Waals surface area contributed by atoms with Gasteiger partial charge in [-0.2, -0.15) is 13.2 Å². The van der Waals surface area contributed by atoms with E-state index in [-0.39, 0.29) is 13.1 Å². The van der Waals surface area contributed by atoms with E-state index < -0.39 is 15.5 Å². The molecule has 0 spiro atoms. The van der Waals surface area contributed by atoms with Gasteiger partial charge in [0.25, 0.3) is 0 Å². The minimum atomic E-state index is -5.25. The lowest BCUT2D eigenvalue weighted by molar-refractivity contribution is -0.0472. The average molecular weight is 233 g/mol. The third kappa shape index (κ3) is 2.80. The third-order valence-corrected chi connectivity index (χ3v) is 2.78. The molecule has 0 unspecified atom stereocenters. The van der Waals surface area contributed by atoms with Gasteiger partial charge in [0.15, 0.2) is 0 Å². The Labute approximate surface area is 79.3 Å². The van der Waals surface area contributed by atoms with Gasteiger partial charge in [0, 0.05) is 26.2 Å². The van der Waals surface area contributed by atoms with Gasteiger partial charge in [0.2, 0.25) is 0 Å². The van der Waals surface area contributed by atoms with Crippen molar-refractivity contribution in [3.05, 3.63) is 0 Å². The van der Waals surface area contributed by atoms with Gasteiger partial charge in [0.1, 0.15) is 0 Å². The van der Waals surface area contributed by atoms with E-state index in [0.717, 1.165) is 5.01 Å². The summed E-state index contributed by atoms with van der Waals surface area (Å²) in [6.45, 7) is 1.35. The van der Waals surface area contributed by atoms with Crippen LogP contribution in [0.1, 0.15) is 0 Å². The summed E-state index contributed by atoms with van der Waals surface area (Å²) < 4.78 is 56.9. The molecule has 1 aliphatic rings. The van der Waals surface area contributed by atoms with Crippen molar-refractivity contribution in [1.29, 1.82) is 0 Å². The molecule has 1 saturated heterocycles. The maximum atomic E-state index is 11.9. The number of hydrogen-bond donors (Lipinski definition) is 2. The predicted molar refractivity (Wildman–Crippen MR) is 42.6 cm³/mol. The van der Waals surface area contributed by atoms with E-state index in [2.05, 4.69) is 5.32 Å². The minimum Gasteiger partial charge on any atom is -0.314 e. The van der Waals surface area contributed by atoms with Gasteiger partial charge in [-0.15, -0.1) is 4.83 Å². The molecule has 14 heavy (non-hydrogen) atoms. The number of nitrogens with zero attached hydrogens (tertiary/aromatic N) is 1. The topological polar surface area (TPSA) is 61.4 Å². The van der Waals surface area contributed by atoms with E-state index in [9.17, 15) is 21.6 Å². The Balaban J connectivity index is 2.58. The van der Waals surface area contributed by atoms with Crippen molar-refractivity contribution in [3.63, 3.8) is 0 Å². The molecule has 1 aliphatic heterocycles. The van der Waals surface area contributed by atoms with E-state index in [4.69, 9.17) is 0 Å². The zero-order chi connectivity index (χ0) is 10.8. The van der Waals surface area contributed by atoms with Crippen molar-refractivity contribution in [2.45, 2.75) is 5.51 Å². The fraction of sp³-hybridized carbons (Fsp3) is 1.00. The van der Waals surface area contributed by atoms with Crippen LogP contribution in [0.2, 0.25) is 0 Å². The smallest absolute Gasteiger partial charge is 0.314 e. The summed E-state index contributed by atoms with van der Waals surface area (Å²) in [5.41, 5.74) is -5.25. The van der Waals surface area contributed by atoms with E-state index >= 15 is 0 Å². The first-order valence-corrected chi connectivity index (χ1v) is 5.35. The average Bonchev–Trinajstić information content (AvgIpc) is 2.03. The van der Waals surface area contributed by atoms with Crippen LogP contribution in [0.5, 0.6) is 0 Å². The number of piperazine rings is 1. The molecule has 84 valence electrons. The highest BCUT2D eigenvalue weighted by Crippen LogP contribution is 2.21. The van der Waals surface area contributed by atoms with Gasteiger partial charge in [-0.05, 0) is 0 Å². The van der Waals surface area contributed by atoms with E-state index in [1.54, 1.807) is 0 Å². The largest absolute Gasteiger partial charge is 0.512 e. The molecule has 0 aromatic rings. The summed E-state index contributed by atoms with van der Waals surface area (Å²) >= 11 is 0. The van der Waals surface area contributed by atoms with Crippen LogP contribution in [0, 0.1) is 0 Å². The number of alkyl halides is 3. The Bertz CT molecular complexity index is 283. The summed E-state index contributed by atoms with van der Waals surface area (Å²) in [4.78, 5) is 1.48. The second kappa shape index (κ2) is 4.01. The van der Waals surface area contributed by atoms with Crippen LogP contribution < -0.4 is 10.1 Å². The second-order valence-corrected chi connectivity index (χ2v) is 4.43. The molecule has 0 amide bonds. The summed E-state index contributed by atoms with van der Waals surface area (Å²) in [6, 6.07) is 0. The quantitative estimate of drug-likeness (QED) is 0.658. The lowest BCUT2D eigenvalue weighted by Gasteiger charge is -2.27. The molecule has 9 heteroatoms. The molecule has 1 heterocycles. The maximum absolute atomic E-state index is 11.9. The van der Waals surface area contributed by atoms with Crippen LogP contribution in [0.3, 0.4) is 0 Å². The monoisotopic (exact) mass is 233 g/mol. The van der Waals surface area contributed by atoms with Crippen LogP contribution in [-0.2, 0) is 10.0 Å². The molecule has 2 N–H and O–H groups in total. The Morgan fingerprint density at radius 3 is 2.14 bits per heavy atom. The summed E-state index contributed by atoms with van der Waals surface area (Å²) in [5.74, 6) is 0. The standard InChI is InChI=1S/C5H10F3N3O2S/c6-5(7,8)14(12,13)10-11-3-1-9-2-4-11/h9-10H,1-4H2. The first kappa shape index (κ1) is 11.7. The highest BCUT2D eigenvalue weighted by molar-refractivity contribution is 7.90. The van der Waals surface area contributed by atoms with Crippen molar-refractivity contribution in [1.82, 2.24) is 15.2 Å². The number of rotatable bonds is 2. The molecular weight excluding hydrogens is 223 g/mol. The highest BCUT2D eigenvalue weighted by Gasteiger charge is 2.46. The molecule has 0 aliphatic carbocycles. The summed E-state index contributed by atoms with van der Waals surface area (Å²) in [6.07, 6.45) is 0. The summed E-state index contributed by atoms with van der Waals surface area (Å²) in [5, 5.41) is 3.91. The zero-order valence-corrected chi connectivity index (χ0v) is 7.95. The fourth-order valence-corrected chi connectivity index (χ4v) is 1.60. The third-order valence-electron chi connectivity index (χ3n) is 1.67. The number of hydrogen-bond acceptors (Lipinski definition) is 4. The molecule has 1 rings (SSSR count). The van der Waals surface area contributed by atoms with Gasteiger partial charge in [-0.25, -0.2) is 13.4 Å². The van der Waals surface area contributed by atoms with Crippen molar-refractivity contribution >= 4 is 10.0 Å². The lowest BCUT2D eigenvalue weighted by Crippen LogP contribution is -2.54. The number of hydrazine groups is 1. The van der Waals surface area contributed by atoms with E-state index in [0.29, 0.717) is 13.1 Å². The molecule has 0 saturated carbocycles. The van der Waals surface area contributed by atoms with Gasteiger partial charge in [0.05, 0.1) is 0 Å². The van der Waals surface area contributed by atoms with Crippen molar-refractivity contribution in [2.75, 3.05) is 26.2 Å². The summed E-state index contributed by atoms with van der Waals surface area (Å²) in [7, 11) is -5.25. The molecule has 0 radical (unpaired) electrons. The van der Waals surface area contributed by atoms with Crippen molar-refractivity contribution in [2.24, 2.45) is 0 Å². The first-order chi connectivity index (χ1) is 6.33. The Morgan fingerprint density at radius 1 is 1.21 bits per heavy atom. The molecule has 0 aromatic heterocycles. The van der Waals surface area contributed by atoms with E-state index in [1.165, 1.54) is 4.83 Å². The van der Waals surface area contributed by atoms with Gasteiger partial charge < -0.3 is 5.32 Å². The highest BCUT2D eigenvalue weighted by atomic mass is 32.2. The van der Waals surface area contributed by atoms with Crippen molar-refractivity contribution in [3.8, 4) is 0 Å². The normalized spacial score (nSPS) is 21.1. The van der Waals surface area contributed by atoms with Crippen LogP contribution >= 0.6 is 0 Å².